The van der Waals surface area contributed by atoms with Crippen LogP contribution in [-0.2, 0) is 21.9 Å². The molecular formula is C25H33ClN2O2S. The van der Waals surface area contributed by atoms with Crippen molar-refractivity contribution in [1.29, 1.82) is 0 Å². The zero-order valence-electron chi connectivity index (χ0n) is 18.9. The number of hydrogen-bond acceptors (Lipinski definition) is 3. The van der Waals surface area contributed by atoms with Crippen LogP contribution >= 0.6 is 23.4 Å². The van der Waals surface area contributed by atoms with Gasteiger partial charge in [-0.1, -0.05) is 67.4 Å². The maximum absolute atomic E-state index is 13.2. The number of thioether (sulfide) groups is 1. The molecule has 0 aliphatic carbocycles. The van der Waals surface area contributed by atoms with E-state index in [9.17, 15) is 9.59 Å². The summed E-state index contributed by atoms with van der Waals surface area (Å²) in [5.41, 5.74) is 3.29. The van der Waals surface area contributed by atoms with Crippen molar-refractivity contribution < 1.29 is 9.59 Å². The molecule has 0 aromatic heterocycles. The van der Waals surface area contributed by atoms with Crippen LogP contribution in [0, 0.1) is 6.92 Å². The lowest BCUT2D eigenvalue weighted by Crippen LogP contribution is -2.51. The Morgan fingerprint density at radius 2 is 1.77 bits per heavy atom. The molecule has 0 saturated heterocycles. The van der Waals surface area contributed by atoms with E-state index in [1.807, 2.05) is 70.2 Å². The maximum Gasteiger partial charge on any atom is 0.243 e. The Balaban J connectivity index is 2.13. The van der Waals surface area contributed by atoms with Crippen molar-refractivity contribution in [2.75, 3.05) is 5.75 Å². The van der Waals surface area contributed by atoms with E-state index in [1.54, 1.807) is 16.7 Å². The maximum atomic E-state index is 13.2. The van der Waals surface area contributed by atoms with Gasteiger partial charge in [0.15, 0.2) is 0 Å². The van der Waals surface area contributed by atoms with Crippen LogP contribution in [0.1, 0.15) is 50.3 Å². The fraction of sp³-hybridized carbons (Fsp3) is 0.440. The summed E-state index contributed by atoms with van der Waals surface area (Å²) >= 11 is 7.50. The lowest BCUT2D eigenvalue weighted by Gasteiger charge is -2.31. The molecule has 0 fully saturated rings. The molecule has 0 radical (unpaired) electrons. The highest BCUT2D eigenvalue weighted by atomic mass is 35.5. The van der Waals surface area contributed by atoms with E-state index >= 15 is 0 Å². The van der Waals surface area contributed by atoms with Crippen molar-refractivity contribution in [3.63, 3.8) is 0 Å². The van der Waals surface area contributed by atoms with E-state index in [0.29, 0.717) is 23.7 Å². The first-order valence-corrected chi connectivity index (χ1v) is 12.3. The van der Waals surface area contributed by atoms with Crippen molar-refractivity contribution >= 4 is 35.2 Å². The van der Waals surface area contributed by atoms with Crippen molar-refractivity contribution in [3.05, 3.63) is 70.2 Å². The third-order valence-electron chi connectivity index (χ3n) is 5.23. The molecule has 168 valence electrons. The molecule has 2 amide bonds. The molecule has 2 aromatic carbocycles. The number of nitrogens with one attached hydrogen (secondary N) is 1. The summed E-state index contributed by atoms with van der Waals surface area (Å²) in [5, 5.41) is 3.75. The Kier molecular flexibility index (Phi) is 10.4. The molecule has 2 rings (SSSR count). The lowest BCUT2D eigenvalue weighted by atomic mass is 10.1. The first-order valence-electron chi connectivity index (χ1n) is 10.8. The highest BCUT2D eigenvalue weighted by Crippen LogP contribution is 2.19. The molecule has 0 aliphatic rings. The zero-order valence-corrected chi connectivity index (χ0v) is 20.4. The molecule has 4 nitrogen and oxygen atoms in total. The number of rotatable bonds is 11. The molecule has 2 atom stereocenters. The second-order valence-corrected chi connectivity index (χ2v) is 9.29. The number of hydrogen-bond donors (Lipinski definition) is 1. The number of aryl methyl sites for hydroxylation is 1. The van der Waals surface area contributed by atoms with Gasteiger partial charge >= 0.3 is 0 Å². The second kappa shape index (κ2) is 12.8. The minimum atomic E-state index is -0.488. The molecule has 0 heterocycles. The normalized spacial score (nSPS) is 12.8. The van der Waals surface area contributed by atoms with Crippen molar-refractivity contribution in [3.8, 4) is 0 Å². The summed E-state index contributed by atoms with van der Waals surface area (Å²) in [6.07, 6.45) is 1.42. The molecule has 2 unspecified atom stereocenters. The third kappa shape index (κ3) is 8.23. The number of benzene rings is 2. The van der Waals surface area contributed by atoms with Gasteiger partial charge in [-0.3, -0.25) is 9.59 Å². The predicted molar refractivity (Wildman–Crippen MR) is 131 cm³/mol. The smallest absolute Gasteiger partial charge is 0.243 e. The van der Waals surface area contributed by atoms with Crippen LogP contribution in [-0.4, -0.2) is 34.6 Å². The SMILES string of the molecule is CCC(C)NC(=O)C(CC)N(Cc1cccc(C)c1)C(=O)CSCc1ccc(Cl)cc1. The number of amides is 2. The lowest BCUT2D eigenvalue weighted by molar-refractivity contribution is -0.139. The van der Waals surface area contributed by atoms with Gasteiger partial charge in [-0.15, -0.1) is 11.8 Å². The Morgan fingerprint density at radius 1 is 1.06 bits per heavy atom. The fourth-order valence-electron chi connectivity index (χ4n) is 3.29. The van der Waals surface area contributed by atoms with Crippen LogP contribution in [0.4, 0.5) is 0 Å². The van der Waals surface area contributed by atoms with Gasteiger partial charge in [-0.25, -0.2) is 0 Å². The van der Waals surface area contributed by atoms with E-state index in [-0.39, 0.29) is 17.9 Å². The quantitative estimate of drug-likeness (QED) is 0.474. The summed E-state index contributed by atoms with van der Waals surface area (Å²) < 4.78 is 0. The average Bonchev–Trinajstić information content (AvgIpc) is 2.74. The Bertz CT molecular complexity index is 857. The van der Waals surface area contributed by atoms with Crippen LogP contribution in [0.3, 0.4) is 0 Å². The Labute approximate surface area is 195 Å². The zero-order chi connectivity index (χ0) is 22.8. The van der Waals surface area contributed by atoms with Gasteiger partial charge in [-0.2, -0.15) is 0 Å². The highest BCUT2D eigenvalue weighted by molar-refractivity contribution is 7.99. The molecular weight excluding hydrogens is 428 g/mol. The first kappa shape index (κ1) is 25.3. The van der Waals surface area contributed by atoms with Gasteiger partial charge in [0.25, 0.3) is 0 Å². The molecule has 0 saturated carbocycles. The predicted octanol–water partition coefficient (Wildman–Crippen LogP) is 5.60. The minimum Gasteiger partial charge on any atom is -0.352 e. The van der Waals surface area contributed by atoms with Crippen LogP contribution in [0.2, 0.25) is 5.02 Å². The van der Waals surface area contributed by atoms with Crippen LogP contribution in [0.15, 0.2) is 48.5 Å². The minimum absolute atomic E-state index is 0.0216. The molecule has 1 N–H and O–H groups in total. The van der Waals surface area contributed by atoms with Gasteiger partial charge in [0.1, 0.15) is 6.04 Å². The van der Waals surface area contributed by atoms with Gasteiger partial charge in [0, 0.05) is 23.4 Å². The Hall–Kier alpha value is -1.98. The standard InChI is InChI=1S/C25H33ClN2O2S/c1-5-19(4)27-25(30)23(6-2)28(15-21-9-7-8-18(3)14-21)24(29)17-31-16-20-10-12-22(26)13-11-20/h7-14,19,23H,5-6,15-17H2,1-4H3,(H,27,30). The van der Waals surface area contributed by atoms with E-state index in [0.717, 1.165) is 28.9 Å². The van der Waals surface area contributed by atoms with E-state index in [2.05, 4.69) is 11.4 Å². The summed E-state index contributed by atoms with van der Waals surface area (Å²) in [4.78, 5) is 27.9. The summed E-state index contributed by atoms with van der Waals surface area (Å²) in [6.45, 7) is 8.44. The average molecular weight is 461 g/mol. The molecule has 0 aliphatic heterocycles. The number of carbonyl (C=O) groups is 2. The van der Waals surface area contributed by atoms with E-state index in [1.165, 1.54) is 0 Å². The number of halogens is 1. The van der Waals surface area contributed by atoms with Gasteiger partial charge < -0.3 is 10.2 Å². The number of carbonyl (C=O) groups excluding carboxylic acids is 2. The topological polar surface area (TPSA) is 49.4 Å². The van der Waals surface area contributed by atoms with Crippen LogP contribution < -0.4 is 5.32 Å². The van der Waals surface area contributed by atoms with Crippen LogP contribution in [0.5, 0.6) is 0 Å². The van der Waals surface area contributed by atoms with Gasteiger partial charge in [-0.05, 0) is 49.9 Å². The second-order valence-electron chi connectivity index (χ2n) is 7.87. The van der Waals surface area contributed by atoms with Crippen molar-refractivity contribution in [1.82, 2.24) is 10.2 Å². The first-order chi connectivity index (χ1) is 14.8. The summed E-state index contributed by atoms with van der Waals surface area (Å²) in [7, 11) is 0. The van der Waals surface area contributed by atoms with Crippen molar-refractivity contribution in [2.45, 2.75) is 64.9 Å². The fourth-order valence-corrected chi connectivity index (χ4v) is 4.28. The summed E-state index contributed by atoms with van der Waals surface area (Å²) in [6, 6.07) is 15.3. The van der Waals surface area contributed by atoms with Gasteiger partial charge in [0.05, 0.1) is 5.75 Å². The molecule has 0 bridgehead atoms. The summed E-state index contributed by atoms with van der Waals surface area (Å²) in [5.74, 6) is 0.936. The van der Waals surface area contributed by atoms with Crippen molar-refractivity contribution in [2.24, 2.45) is 0 Å². The molecule has 0 spiro atoms. The molecule has 31 heavy (non-hydrogen) atoms. The van der Waals surface area contributed by atoms with Gasteiger partial charge in [0.2, 0.25) is 11.8 Å². The largest absolute Gasteiger partial charge is 0.352 e. The molecule has 2 aromatic rings. The monoisotopic (exact) mass is 460 g/mol. The third-order valence-corrected chi connectivity index (χ3v) is 6.47. The Morgan fingerprint density at radius 3 is 2.39 bits per heavy atom. The van der Waals surface area contributed by atoms with E-state index in [4.69, 9.17) is 11.6 Å². The van der Waals surface area contributed by atoms with E-state index < -0.39 is 6.04 Å². The highest BCUT2D eigenvalue weighted by Gasteiger charge is 2.29. The van der Waals surface area contributed by atoms with Crippen LogP contribution in [0.25, 0.3) is 0 Å². The molecule has 6 heteroatoms. The number of nitrogens with zero attached hydrogens (tertiary/aromatic N) is 1.